The van der Waals surface area contributed by atoms with Crippen LogP contribution in [0.5, 0.6) is 11.5 Å². The van der Waals surface area contributed by atoms with Gasteiger partial charge in [-0.15, -0.1) is 11.3 Å². The van der Waals surface area contributed by atoms with Crippen LogP contribution in [0, 0.1) is 6.92 Å². The number of benzene rings is 2. The van der Waals surface area contributed by atoms with Crippen LogP contribution in [-0.4, -0.2) is 35.2 Å². The topological polar surface area (TPSA) is 95.9 Å². The number of carbonyl (C=O) groups excluding carboxylic acids is 2. The van der Waals surface area contributed by atoms with E-state index >= 15 is 0 Å². The molecule has 1 fully saturated rings. The van der Waals surface area contributed by atoms with Crippen LogP contribution in [0.3, 0.4) is 0 Å². The van der Waals surface area contributed by atoms with Crippen molar-refractivity contribution < 1.29 is 14.3 Å². The van der Waals surface area contributed by atoms with Crippen LogP contribution in [0.25, 0.3) is 10.2 Å². The molecule has 1 aliphatic heterocycles. The molecule has 3 amide bonds. The van der Waals surface area contributed by atoms with Crippen LogP contribution in [0.15, 0.2) is 65.8 Å². The van der Waals surface area contributed by atoms with Gasteiger partial charge in [-0.05, 0) is 75.4 Å². The largest absolute Gasteiger partial charge is 0.457 e. The monoisotopic (exact) mass is 539 g/mol. The van der Waals surface area contributed by atoms with Gasteiger partial charge < -0.3 is 15.4 Å². The summed E-state index contributed by atoms with van der Waals surface area (Å²) in [5.74, 6) is 1.19. The van der Waals surface area contributed by atoms with Gasteiger partial charge in [-0.1, -0.05) is 31.0 Å². The van der Waals surface area contributed by atoms with Crippen molar-refractivity contribution in [1.82, 2.24) is 10.3 Å². The molecule has 1 aliphatic carbocycles. The molecule has 198 valence electrons. The number of nitrogens with zero attached hydrogens (tertiary/aromatic N) is 3. The predicted molar refractivity (Wildman–Crippen MR) is 156 cm³/mol. The number of carbonyl (C=O) groups is 2. The number of hydrogen-bond donors (Lipinski definition) is 2. The Morgan fingerprint density at radius 2 is 2.00 bits per heavy atom. The fourth-order valence-electron chi connectivity index (χ4n) is 5.51. The summed E-state index contributed by atoms with van der Waals surface area (Å²) in [5, 5.41) is 6.92. The van der Waals surface area contributed by atoms with E-state index in [9.17, 15) is 9.59 Å². The highest BCUT2D eigenvalue weighted by Crippen LogP contribution is 2.46. The van der Waals surface area contributed by atoms with E-state index in [1.165, 1.54) is 11.3 Å². The van der Waals surface area contributed by atoms with E-state index < -0.39 is 5.54 Å². The molecule has 0 spiro atoms. The third-order valence-electron chi connectivity index (χ3n) is 7.68. The first-order chi connectivity index (χ1) is 18.9. The molecule has 0 bridgehead atoms. The molecule has 0 saturated heterocycles. The Labute approximate surface area is 230 Å². The first kappa shape index (κ1) is 25.1. The summed E-state index contributed by atoms with van der Waals surface area (Å²) < 4.78 is 5.97. The molecule has 2 atom stereocenters. The number of aryl methyl sites for hydroxylation is 1. The highest BCUT2D eigenvalue weighted by Gasteiger charge is 2.38. The van der Waals surface area contributed by atoms with Gasteiger partial charge >= 0.3 is 6.03 Å². The lowest BCUT2D eigenvalue weighted by Crippen LogP contribution is -2.51. The number of urea groups is 1. The van der Waals surface area contributed by atoms with E-state index in [2.05, 4.69) is 27.3 Å². The van der Waals surface area contributed by atoms with Crippen molar-refractivity contribution in [3.63, 3.8) is 0 Å². The van der Waals surface area contributed by atoms with Crippen molar-refractivity contribution in [2.75, 3.05) is 10.2 Å². The summed E-state index contributed by atoms with van der Waals surface area (Å²) in [4.78, 5) is 38.7. The first-order valence-corrected chi connectivity index (χ1v) is 13.8. The Hall–Kier alpha value is -4.24. The molecule has 1 saturated carbocycles. The molecule has 2 unspecified atom stereocenters. The van der Waals surface area contributed by atoms with Crippen LogP contribution in [0.4, 0.5) is 21.9 Å². The maximum atomic E-state index is 13.6. The molecule has 2 aromatic heterocycles. The van der Waals surface area contributed by atoms with Gasteiger partial charge in [0, 0.05) is 6.20 Å². The Morgan fingerprint density at radius 3 is 2.77 bits per heavy atom. The smallest absolute Gasteiger partial charge is 0.331 e. The number of para-hydroxylation sites is 1. The molecule has 9 heteroatoms. The van der Waals surface area contributed by atoms with Crippen molar-refractivity contribution in [1.29, 1.82) is 0 Å². The number of thiophene rings is 1. The number of anilines is 3. The SMILES string of the molecule is C=NC1(C)CCCCC1NC(=O)c1sc2nccc3c2c1NC(=O)N3c1ccc(Oc2ccccc2)cc1C. The summed E-state index contributed by atoms with van der Waals surface area (Å²) in [5.41, 5.74) is 2.37. The summed E-state index contributed by atoms with van der Waals surface area (Å²) >= 11 is 1.28. The molecule has 2 N–H and O–H groups in total. The molecule has 6 rings (SSSR count). The van der Waals surface area contributed by atoms with Crippen molar-refractivity contribution in [3.8, 4) is 11.5 Å². The molecular formula is C30H29N5O3S. The van der Waals surface area contributed by atoms with Gasteiger partial charge in [-0.2, -0.15) is 0 Å². The highest BCUT2D eigenvalue weighted by molar-refractivity contribution is 7.21. The lowest BCUT2D eigenvalue weighted by atomic mass is 9.79. The maximum Gasteiger partial charge on any atom is 0.331 e. The zero-order valence-electron chi connectivity index (χ0n) is 21.9. The normalized spacial score (nSPS) is 20.4. The Balaban J connectivity index is 1.34. The number of hydrogen-bond acceptors (Lipinski definition) is 6. The average molecular weight is 540 g/mol. The fraction of sp³-hybridized carbons (Fsp3) is 0.267. The van der Waals surface area contributed by atoms with Gasteiger partial charge in [-0.25, -0.2) is 9.78 Å². The van der Waals surface area contributed by atoms with Gasteiger partial charge in [0.1, 0.15) is 21.2 Å². The lowest BCUT2D eigenvalue weighted by Gasteiger charge is -2.38. The van der Waals surface area contributed by atoms with E-state index in [1.54, 1.807) is 11.1 Å². The van der Waals surface area contributed by atoms with Gasteiger partial charge in [-0.3, -0.25) is 14.7 Å². The predicted octanol–water partition coefficient (Wildman–Crippen LogP) is 7.21. The second-order valence-electron chi connectivity index (χ2n) is 10.2. The van der Waals surface area contributed by atoms with Crippen molar-refractivity contribution in [2.24, 2.45) is 4.99 Å². The van der Waals surface area contributed by atoms with E-state index in [1.807, 2.05) is 68.4 Å². The van der Waals surface area contributed by atoms with Gasteiger partial charge in [0.05, 0.1) is 34.0 Å². The zero-order chi connectivity index (χ0) is 27.1. The Kier molecular flexibility index (Phi) is 6.31. The lowest BCUT2D eigenvalue weighted by molar-refractivity contribution is 0.0903. The second-order valence-corrected chi connectivity index (χ2v) is 11.2. The minimum Gasteiger partial charge on any atom is -0.457 e. The number of amides is 3. The Bertz CT molecular complexity index is 1600. The van der Waals surface area contributed by atoms with Crippen LogP contribution >= 0.6 is 11.3 Å². The maximum absolute atomic E-state index is 13.6. The minimum absolute atomic E-state index is 0.115. The first-order valence-electron chi connectivity index (χ1n) is 13.0. The molecule has 4 aromatic rings. The van der Waals surface area contributed by atoms with Crippen LogP contribution in [0.1, 0.15) is 47.8 Å². The fourth-order valence-corrected chi connectivity index (χ4v) is 6.53. The van der Waals surface area contributed by atoms with E-state index in [0.717, 1.165) is 48.1 Å². The second kappa shape index (κ2) is 9.81. The quantitative estimate of drug-likeness (QED) is 0.253. The van der Waals surface area contributed by atoms with Crippen molar-refractivity contribution in [2.45, 2.75) is 51.1 Å². The van der Waals surface area contributed by atoms with Gasteiger partial charge in [0.25, 0.3) is 5.91 Å². The van der Waals surface area contributed by atoms with Gasteiger partial charge in [0.2, 0.25) is 0 Å². The molecular weight excluding hydrogens is 510 g/mol. The third-order valence-corrected chi connectivity index (χ3v) is 8.78. The van der Waals surface area contributed by atoms with E-state index in [-0.39, 0.29) is 18.0 Å². The third kappa shape index (κ3) is 4.42. The van der Waals surface area contributed by atoms with Crippen molar-refractivity contribution in [3.05, 3.63) is 71.2 Å². The number of ether oxygens (including phenoxy) is 1. The van der Waals surface area contributed by atoms with Crippen molar-refractivity contribution >= 4 is 57.3 Å². The number of aromatic nitrogens is 1. The number of aliphatic imine (C=N–C) groups is 1. The van der Waals surface area contributed by atoms with Crippen LogP contribution in [-0.2, 0) is 0 Å². The van der Waals surface area contributed by atoms with Gasteiger partial charge in [0.15, 0.2) is 0 Å². The van der Waals surface area contributed by atoms with E-state index in [0.29, 0.717) is 26.8 Å². The molecule has 0 radical (unpaired) electrons. The molecule has 39 heavy (non-hydrogen) atoms. The zero-order valence-corrected chi connectivity index (χ0v) is 22.7. The Morgan fingerprint density at radius 1 is 1.18 bits per heavy atom. The standard InChI is InChI=1S/C30H29N5O3S/c1-18-17-20(38-19-9-5-4-6-10-19)12-13-21(18)35-22-14-16-32-28-24(22)25(34-29(35)37)26(39-28)27(36)33-23-11-7-8-15-30(23,2)31-3/h4-6,9-10,12-14,16-17,23H,3,7-8,11,15H2,1-2H3,(H,33,36)(H,34,37). The summed E-state index contributed by atoms with van der Waals surface area (Å²) in [6.07, 6.45) is 5.49. The molecule has 2 aliphatic rings. The van der Waals surface area contributed by atoms with E-state index in [4.69, 9.17) is 4.74 Å². The average Bonchev–Trinajstić information content (AvgIpc) is 3.31. The molecule has 8 nitrogen and oxygen atoms in total. The minimum atomic E-state index is -0.404. The molecule has 3 heterocycles. The van der Waals surface area contributed by atoms with Crippen LogP contribution < -0.4 is 20.3 Å². The summed E-state index contributed by atoms with van der Waals surface area (Å²) in [6.45, 7) is 7.76. The summed E-state index contributed by atoms with van der Waals surface area (Å²) in [6, 6.07) is 16.5. The number of pyridine rings is 1. The number of rotatable bonds is 6. The number of nitrogens with one attached hydrogen (secondary N) is 2. The molecule has 2 aromatic carbocycles. The summed E-state index contributed by atoms with van der Waals surface area (Å²) in [7, 11) is 0. The highest BCUT2D eigenvalue weighted by atomic mass is 32.1. The van der Waals surface area contributed by atoms with Crippen LogP contribution in [0.2, 0.25) is 0 Å².